The standard InChI is InChI=1S/C42H38S16/c1-43-35-36(44-2)56-41(55-35)39-51-29-19-47-15-25-10-6-12-27-17-49-21-31-32(54-40(53-31)42-57-37(45-3)38(46-4)58-42)22-50-18-28-13-7-11-26(16-48-20-30(29)52-39)34(28)24-9-5-8-23(14-24)33(25)27/h5-14H,15-22H2,1-4H3. The Labute approximate surface area is 412 Å². The molecule has 0 aliphatic carbocycles. The van der Waals surface area contributed by atoms with E-state index in [1.54, 1.807) is 19.6 Å². The molecule has 3 aromatic carbocycles. The third-order valence-corrected chi connectivity index (χ3v) is 31.1. The van der Waals surface area contributed by atoms with Crippen LogP contribution in [-0.4, -0.2) is 48.0 Å². The third kappa shape index (κ3) is 10.1. The molecule has 6 aliphatic heterocycles. The molecule has 6 heterocycles. The summed E-state index contributed by atoms with van der Waals surface area (Å²) in [5, 5.41) is 0. The van der Waals surface area contributed by atoms with E-state index < -0.39 is 0 Å². The fraction of sp³-hybridized carbons (Fsp3) is 0.286. The molecular formula is C42H38S16. The number of thioether (sulfide) groups is 16. The van der Waals surface area contributed by atoms with E-state index in [0.717, 1.165) is 46.0 Å². The highest BCUT2D eigenvalue weighted by molar-refractivity contribution is 8.43. The normalized spacial score (nSPS) is 20.6. The smallest absolute Gasteiger partial charge is 0.0717 e. The summed E-state index contributed by atoms with van der Waals surface area (Å²) in [6.45, 7) is 0. The molecule has 0 unspecified atom stereocenters. The largest absolute Gasteiger partial charge is 0.152 e. The second-order valence-electron chi connectivity index (χ2n) is 13.1. The minimum Gasteiger partial charge on any atom is -0.152 e. The van der Waals surface area contributed by atoms with Crippen molar-refractivity contribution in [1.29, 1.82) is 0 Å². The van der Waals surface area contributed by atoms with Crippen LogP contribution in [0.5, 0.6) is 0 Å². The van der Waals surface area contributed by atoms with Crippen molar-refractivity contribution in [2.75, 3.05) is 48.0 Å². The summed E-state index contributed by atoms with van der Waals surface area (Å²) in [6, 6.07) is 23.9. The molecule has 0 saturated carbocycles. The Balaban J connectivity index is 1.07. The van der Waals surface area contributed by atoms with E-state index in [2.05, 4.69) is 180 Å². The predicted molar refractivity (Wildman–Crippen MR) is 299 cm³/mol. The fourth-order valence-electron chi connectivity index (χ4n) is 6.91. The molecule has 0 spiro atoms. The zero-order valence-corrected chi connectivity index (χ0v) is 45.0. The van der Waals surface area contributed by atoms with Crippen molar-refractivity contribution in [3.8, 4) is 22.3 Å². The summed E-state index contributed by atoms with van der Waals surface area (Å²) in [7, 11) is 0. The SMILES string of the molecule is CSC1=C(SC)SC(=C2SC3=C(CSCc4cccc5c4-c4cccc(c4)-c4c(cccc4CSCC4=C(CSC5)SC(=C5SC(SC)=C(SC)S5)S4)CSC3)S2)S1. The maximum absolute atomic E-state index is 2.52. The molecule has 0 nitrogen and oxygen atoms in total. The van der Waals surface area contributed by atoms with Gasteiger partial charge in [-0.25, -0.2) is 0 Å². The molecule has 3 aromatic rings. The van der Waals surface area contributed by atoms with Gasteiger partial charge in [0.2, 0.25) is 0 Å². The molecule has 6 aliphatic rings. The molecule has 58 heavy (non-hydrogen) atoms. The van der Waals surface area contributed by atoms with Crippen LogP contribution in [0.2, 0.25) is 0 Å². The molecule has 0 atom stereocenters. The molecule has 0 fully saturated rings. The van der Waals surface area contributed by atoms with E-state index in [1.807, 2.05) is 94.1 Å². The predicted octanol–water partition coefficient (Wildman–Crippen LogP) is 18.3. The van der Waals surface area contributed by atoms with Crippen molar-refractivity contribution in [3.63, 3.8) is 0 Å². The minimum atomic E-state index is 1.01. The molecule has 0 N–H and O–H groups in total. The van der Waals surface area contributed by atoms with Crippen molar-refractivity contribution in [2.45, 2.75) is 23.0 Å². The molecule has 302 valence electrons. The minimum absolute atomic E-state index is 1.01. The lowest BCUT2D eigenvalue weighted by Crippen LogP contribution is -1.98. The molecule has 0 saturated heterocycles. The maximum atomic E-state index is 2.52. The lowest BCUT2D eigenvalue weighted by Gasteiger charge is -2.18. The van der Waals surface area contributed by atoms with Gasteiger partial charge in [-0.3, -0.25) is 0 Å². The van der Waals surface area contributed by atoms with Crippen molar-refractivity contribution in [3.05, 3.63) is 136 Å². The first-order chi connectivity index (χ1) is 28.5. The Bertz CT molecular complexity index is 2040. The second-order valence-corrected chi connectivity index (χ2v) is 30.9. The van der Waals surface area contributed by atoms with Crippen LogP contribution in [0.1, 0.15) is 22.3 Å². The van der Waals surface area contributed by atoms with Crippen molar-refractivity contribution in [1.82, 2.24) is 0 Å². The monoisotopic (exact) mass is 1050 g/mol. The van der Waals surface area contributed by atoms with E-state index in [4.69, 9.17) is 0 Å². The molecular weight excluding hydrogens is 1020 g/mol. The number of rotatable bonds is 4. The molecule has 9 rings (SSSR count). The van der Waals surface area contributed by atoms with Crippen LogP contribution in [0.15, 0.2) is 114 Å². The first-order valence-electron chi connectivity index (χ1n) is 18.2. The average molecular weight is 1060 g/mol. The van der Waals surface area contributed by atoms with Crippen LogP contribution in [0, 0.1) is 0 Å². The van der Waals surface area contributed by atoms with Gasteiger partial charge in [0, 0.05) is 65.6 Å². The van der Waals surface area contributed by atoms with Gasteiger partial charge in [0.1, 0.15) is 0 Å². The molecule has 0 amide bonds. The van der Waals surface area contributed by atoms with Crippen LogP contribution in [0.3, 0.4) is 0 Å². The van der Waals surface area contributed by atoms with E-state index in [0.29, 0.717) is 0 Å². The Morgan fingerprint density at radius 2 is 0.621 bits per heavy atom. The van der Waals surface area contributed by atoms with Gasteiger partial charge in [-0.1, -0.05) is 149 Å². The Kier molecular flexibility index (Phi) is 16.5. The van der Waals surface area contributed by atoms with Gasteiger partial charge in [0.25, 0.3) is 0 Å². The summed E-state index contributed by atoms with van der Waals surface area (Å²) in [4.78, 5) is 6.26. The second kappa shape index (κ2) is 21.3. The van der Waals surface area contributed by atoms with Gasteiger partial charge < -0.3 is 0 Å². The number of hydrogen-bond acceptors (Lipinski definition) is 16. The highest BCUT2D eigenvalue weighted by Gasteiger charge is 2.32. The molecule has 0 aromatic heterocycles. The van der Waals surface area contributed by atoms with E-state index in [1.165, 1.54) is 78.4 Å². The lowest BCUT2D eigenvalue weighted by molar-refractivity contribution is 1.32. The molecule has 16 heteroatoms. The first kappa shape index (κ1) is 44.9. The summed E-state index contributed by atoms with van der Waals surface area (Å²) in [5.41, 5.74) is 11.5. The summed E-state index contributed by atoms with van der Waals surface area (Å²) < 4.78 is 11.8. The first-order valence-corrected chi connectivity index (χ1v) is 34.2. The van der Waals surface area contributed by atoms with Gasteiger partial charge in [-0.2, -0.15) is 47.0 Å². The summed E-state index contributed by atoms with van der Waals surface area (Å²) >= 11 is 32.2. The number of hydrogen-bond donors (Lipinski definition) is 0. The van der Waals surface area contributed by atoms with Gasteiger partial charge in [-0.05, 0) is 75.6 Å². The van der Waals surface area contributed by atoms with Gasteiger partial charge in [0.05, 0.1) is 33.9 Å². The average Bonchev–Trinajstić information content (AvgIpc) is 4.05. The zero-order chi connectivity index (χ0) is 39.6. The molecule has 0 radical (unpaired) electrons. The highest BCUT2D eigenvalue weighted by Crippen LogP contribution is 2.65. The van der Waals surface area contributed by atoms with Gasteiger partial charge in [0.15, 0.2) is 0 Å². The van der Waals surface area contributed by atoms with Crippen LogP contribution in [0.4, 0.5) is 0 Å². The van der Waals surface area contributed by atoms with E-state index in [-0.39, 0.29) is 0 Å². The third-order valence-electron chi connectivity index (χ3n) is 9.51. The van der Waals surface area contributed by atoms with Gasteiger partial charge >= 0.3 is 0 Å². The van der Waals surface area contributed by atoms with Crippen molar-refractivity contribution < 1.29 is 0 Å². The number of benzene rings is 3. The van der Waals surface area contributed by atoms with Crippen LogP contribution < -0.4 is 0 Å². The molecule has 4 bridgehead atoms. The lowest BCUT2D eigenvalue weighted by atomic mass is 9.90. The highest BCUT2D eigenvalue weighted by atomic mass is 32.3. The Hall–Kier alpha value is 1.70. The summed E-state index contributed by atoms with van der Waals surface area (Å²) in [5.74, 6) is 8.26. The summed E-state index contributed by atoms with van der Waals surface area (Å²) in [6.07, 6.45) is 8.87. The van der Waals surface area contributed by atoms with Crippen molar-refractivity contribution >= 4 is 188 Å². The van der Waals surface area contributed by atoms with Crippen LogP contribution in [0.25, 0.3) is 22.3 Å². The van der Waals surface area contributed by atoms with E-state index in [9.17, 15) is 0 Å². The van der Waals surface area contributed by atoms with Crippen molar-refractivity contribution in [2.24, 2.45) is 0 Å². The quantitative estimate of drug-likeness (QED) is 0.243. The fourth-order valence-corrected chi connectivity index (χ4v) is 28.2. The van der Waals surface area contributed by atoms with E-state index >= 15 is 0 Å². The maximum Gasteiger partial charge on any atom is 0.0717 e. The van der Waals surface area contributed by atoms with Gasteiger partial charge in [-0.15, -0.1) is 47.0 Å². The Morgan fingerprint density at radius 1 is 0.345 bits per heavy atom. The Morgan fingerprint density at radius 3 is 0.914 bits per heavy atom. The van der Waals surface area contributed by atoms with Crippen LogP contribution >= 0.6 is 188 Å². The topological polar surface area (TPSA) is 0 Å². The zero-order valence-electron chi connectivity index (χ0n) is 32.0. The van der Waals surface area contributed by atoms with Crippen LogP contribution in [-0.2, 0) is 23.0 Å².